The first-order valence-corrected chi connectivity index (χ1v) is 6.37. The van der Waals surface area contributed by atoms with Gasteiger partial charge in [-0.25, -0.2) is 0 Å². The standard InChI is InChI=1S/C14H29NO/c1-8-9-11(10-13(2,3)4)12(16)15-14(5,6)7/h11H,8-10H2,1-7H3,(H,15,16). The van der Waals surface area contributed by atoms with E-state index >= 15 is 0 Å². The van der Waals surface area contributed by atoms with Crippen molar-refractivity contribution in [1.29, 1.82) is 0 Å². The zero-order valence-corrected chi connectivity index (χ0v) is 12.1. The first-order chi connectivity index (χ1) is 7.05. The largest absolute Gasteiger partial charge is 0.351 e. The maximum Gasteiger partial charge on any atom is 0.223 e. The van der Waals surface area contributed by atoms with Crippen LogP contribution in [-0.4, -0.2) is 11.4 Å². The van der Waals surface area contributed by atoms with E-state index in [0.29, 0.717) is 0 Å². The number of amides is 1. The Balaban J connectivity index is 4.47. The summed E-state index contributed by atoms with van der Waals surface area (Å²) in [7, 11) is 0. The lowest BCUT2D eigenvalue weighted by Crippen LogP contribution is -2.44. The van der Waals surface area contributed by atoms with Crippen LogP contribution in [0, 0.1) is 11.3 Å². The number of nitrogens with one attached hydrogen (secondary N) is 1. The number of carbonyl (C=O) groups excluding carboxylic acids is 1. The first-order valence-electron chi connectivity index (χ1n) is 6.37. The summed E-state index contributed by atoms with van der Waals surface area (Å²) >= 11 is 0. The van der Waals surface area contributed by atoms with E-state index in [1.54, 1.807) is 0 Å². The van der Waals surface area contributed by atoms with E-state index in [0.717, 1.165) is 19.3 Å². The van der Waals surface area contributed by atoms with Gasteiger partial charge in [0.15, 0.2) is 0 Å². The van der Waals surface area contributed by atoms with Gasteiger partial charge in [0.25, 0.3) is 0 Å². The highest BCUT2D eigenvalue weighted by Crippen LogP contribution is 2.27. The molecule has 16 heavy (non-hydrogen) atoms. The lowest BCUT2D eigenvalue weighted by atomic mass is 9.82. The third-order valence-corrected chi connectivity index (χ3v) is 2.36. The predicted octanol–water partition coefficient (Wildman–Crippen LogP) is 3.75. The van der Waals surface area contributed by atoms with Crippen LogP contribution in [0.3, 0.4) is 0 Å². The maximum absolute atomic E-state index is 12.1. The van der Waals surface area contributed by atoms with Crippen molar-refractivity contribution in [2.45, 2.75) is 73.3 Å². The molecule has 0 aliphatic heterocycles. The maximum atomic E-state index is 12.1. The Kier molecular flexibility index (Phi) is 5.51. The molecule has 0 rings (SSSR count). The molecule has 0 fully saturated rings. The van der Waals surface area contributed by atoms with Crippen LogP contribution in [0.15, 0.2) is 0 Å². The average molecular weight is 227 g/mol. The number of hydrogen-bond donors (Lipinski definition) is 1. The normalized spacial score (nSPS) is 14.7. The number of rotatable bonds is 4. The van der Waals surface area contributed by atoms with Crippen molar-refractivity contribution in [2.24, 2.45) is 11.3 Å². The van der Waals surface area contributed by atoms with Gasteiger partial charge >= 0.3 is 0 Å². The third-order valence-electron chi connectivity index (χ3n) is 2.36. The molecule has 1 unspecified atom stereocenters. The van der Waals surface area contributed by atoms with Gasteiger partial charge in [-0.05, 0) is 39.0 Å². The van der Waals surface area contributed by atoms with Gasteiger partial charge in [0.2, 0.25) is 5.91 Å². The monoisotopic (exact) mass is 227 g/mol. The Morgan fingerprint density at radius 2 is 1.62 bits per heavy atom. The Morgan fingerprint density at radius 3 is 1.94 bits per heavy atom. The molecule has 0 radical (unpaired) electrons. The Hall–Kier alpha value is -0.530. The smallest absolute Gasteiger partial charge is 0.223 e. The van der Waals surface area contributed by atoms with Crippen molar-refractivity contribution < 1.29 is 4.79 Å². The van der Waals surface area contributed by atoms with Gasteiger partial charge in [-0.3, -0.25) is 4.79 Å². The molecular formula is C14H29NO. The molecular weight excluding hydrogens is 198 g/mol. The van der Waals surface area contributed by atoms with E-state index in [9.17, 15) is 4.79 Å². The molecule has 0 aromatic heterocycles. The average Bonchev–Trinajstić information content (AvgIpc) is 1.97. The van der Waals surface area contributed by atoms with Crippen LogP contribution in [0.4, 0.5) is 0 Å². The zero-order chi connectivity index (χ0) is 13.0. The van der Waals surface area contributed by atoms with Crippen molar-refractivity contribution in [1.82, 2.24) is 5.32 Å². The minimum absolute atomic E-state index is 0.124. The fourth-order valence-corrected chi connectivity index (χ4v) is 1.89. The highest BCUT2D eigenvalue weighted by atomic mass is 16.2. The summed E-state index contributed by atoms with van der Waals surface area (Å²) in [6.07, 6.45) is 3.01. The molecule has 0 aromatic carbocycles. The van der Waals surface area contributed by atoms with Gasteiger partial charge in [0.05, 0.1) is 0 Å². The Bertz CT molecular complexity index is 220. The molecule has 0 aliphatic rings. The molecule has 0 saturated heterocycles. The minimum atomic E-state index is -0.124. The second kappa shape index (κ2) is 5.70. The summed E-state index contributed by atoms with van der Waals surface area (Å²) in [4.78, 5) is 12.1. The first kappa shape index (κ1) is 15.5. The van der Waals surface area contributed by atoms with E-state index in [4.69, 9.17) is 0 Å². The summed E-state index contributed by atoms with van der Waals surface area (Å²) in [6.45, 7) is 14.8. The van der Waals surface area contributed by atoms with E-state index in [1.165, 1.54) is 0 Å². The molecule has 0 heterocycles. The number of hydrogen-bond acceptors (Lipinski definition) is 1. The second-order valence-corrected chi connectivity index (χ2v) is 6.99. The second-order valence-electron chi connectivity index (χ2n) is 6.99. The summed E-state index contributed by atoms with van der Waals surface area (Å²) in [6, 6.07) is 0. The van der Waals surface area contributed by atoms with Crippen LogP contribution < -0.4 is 5.32 Å². The third kappa shape index (κ3) is 7.72. The summed E-state index contributed by atoms with van der Waals surface area (Å²) in [5, 5.41) is 3.09. The molecule has 1 N–H and O–H groups in total. The highest BCUT2D eigenvalue weighted by Gasteiger charge is 2.26. The zero-order valence-electron chi connectivity index (χ0n) is 12.1. The molecule has 2 heteroatoms. The van der Waals surface area contributed by atoms with Crippen LogP contribution in [0.5, 0.6) is 0 Å². The van der Waals surface area contributed by atoms with Gasteiger partial charge in [-0.1, -0.05) is 34.1 Å². The fourth-order valence-electron chi connectivity index (χ4n) is 1.89. The quantitative estimate of drug-likeness (QED) is 0.778. The molecule has 0 saturated carbocycles. The highest BCUT2D eigenvalue weighted by molar-refractivity contribution is 5.79. The van der Waals surface area contributed by atoms with E-state index in [2.05, 4.69) is 33.0 Å². The summed E-state index contributed by atoms with van der Waals surface area (Å²) in [5.74, 6) is 0.369. The molecule has 0 aliphatic carbocycles. The van der Waals surface area contributed by atoms with Crippen LogP contribution >= 0.6 is 0 Å². The Morgan fingerprint density at radius 1 is 1.12 bits per heavy atom. The van der Waals surface area contributed by atoms with E-state index in [-0.39, 0.29) is 22.8 Å². The van der Waals surface area contributed by atoms with Gasteiger partial charge in [0.1, 0.15) is 0 Å². The van der Waals surface area contributed by atoms with Crippen molar-refractivity contribution in [3.63, 3.8) is 0 Å². The lowest BCUT2D eigenvalue weighted by molar-refractivity contribution is -0.127. The molecule has 0 bridgehead atoms. The van der Waals surface area contributed by atoms with E-state index in [1.807, 2.05) is 20.8 Å². The van der Waals surface area contributed by atoms with Gasteiger partial charge < -0.3 is 5.32 Å². The van der Waals surface area contributed by atoms with Crippen molar-refractivity contribution in [3.05, 3.63) is 0 Å². The molecule has 0 spiro atoms. The van der Waals surface area contributed by atoms with Crippen LogP contribution in [-0.2, 0) is 4.79 Å². The van der Waals surface area contributed by atoms with Crippen LogP contribution in [0.25, 0.3) is 0 Å². The van der Waals surface area contributed by atoms with Gasteiger partial charge in [-0.15, -0.1) is 0 Å². The van der Waals surface area contributed by atoms with E-state index < -0.39 is 0 Å². The van der Waals surface area contributed by atoms with Crippen molar-refractivity contribution >= 4 is 5.91 Å². The molecule has 1 amide bonds. The Labute approximate surface area is 101 Å². The fraction of sp³-hybridized carbons (Fsp3) is 0.929. The molecule has 0 aromatic rings. The van der Waals surface area contributed by atoms with Gasteiger partial charge in [0, 0.05) is 11.5 Å². The number of carbonyl (C=O) groups is 1. The SMILES string of the molecule is CCCC(CC(C)(C)C)C(=O)NC(C)(C)C. The molecule has 1 atom stereocenters. The van der Waals surface area contributed by atoms with Crippen molar-refractivity contribution in [2.75, 3.05) is 0 Å². The van der Waals surface area contributed by atoms with Gasteiger partial charge in [-0.2, -0.15) is 0 Å². The lowest BCUT2D eigenvalue weighted by Gasteiger charge is -2.29. The summed E-state index contributed by atoms with van der Waals surface area (Å²) in [5.41, 5.74) is 0.0933. The predicted molar refractivity (Wildman–Crippen MR) is 70.4 cm³/mol. The van der Waals surface area contributed by atoms with Crippen LogP contribution in [0.2, 0.25) is 0 Å². The molecule has 2 nitrogen and oxygen atoms in total. The van der Waals surface area contributed by atoms with Crippen LogP contribution in [0.1, 0.15) is 67.7 Å². The summed E-state index contributed by atoms with van der Waals surface area (Å²) < 4.78 is 0. The topological polar surface area (TPSA) is 29.1 Å². The molecule has 96 valence electrons. The minimum Gasteiger partial charge on any atom is -0.351 e. The van der Waals surface area contributed by atoms with Crippen molar-refractivity contribution in [3.8, 4) is 0 Å².